The van der Waals surface area contributed by atoms with Gasteiger partial charge in [0.1, 0.15) is 5.57 Å². The van der Waals surface area contributed by atoms with E-state index in [1.54, 1.807) is 0 Å². The Morgan fingerprint density at radius 1 is 1.54 bits per heavy atom. The van der Waals surface area contributed by atoms with Crippen LogP contribution >= 0.6 is 0 Å². The predicted molar refractivity (Wildman–Crippen MR) is 38.1 cm³/mol. The van der Waals surface area contributed by atoms with Crippen molar-refractivity contribution in [2.45, 2.75) is 12.5 Å². The van der Waals surface area contributed by atoms with Gasteiger partial charge in [-0.05, 0) is 0 Å². The quantitative estimate of drug-likeness (QED) is 0.368. The number of carbonyl (C=O) groups is 2. The van der Waals surface area contributed by atoms with E-state index in [1.165, 1.54) is 0 Å². The number of epoxide rings is 1. The van der Waals surface area contributed by atoms with Crippen molar-refractivity contribution >= 4 is 12.1 Å². The summed E-state index contributed by atoms with van der Waals surface area (Å²) in [7, 11) is 0. The van der Waals surface area contributed by atoms with E-state index in [9.17, 15) is 9.59 Å². The van der Waals surface area contributed by atoms with Crippen LogP contribution in [0.1, 0.15) is 6.42 Å². The molecule has 0 aromatic heterocycles. The maximum atomic E-state index is 10.8. The summed E-state index contributed by atoms with van der Waals surface area (Å²) in [5.41, 5.74) is 5.21. The van der Waals surface area contributed by atoms with Crippen LogP contribution in [0.3, 0.4) is 0 Å². The molecule has 2 aliphatic rings. The molecule has 13 heavy (non-hydrogen) atoms. The molecule has 2 rings (SSSR count). The van der Waals surface area contributed by atoms with Crippen molar-refractivity contribution in [2.24, 2.45) is 5.73 Å². The fraction of sp³-hybridized carbons (Fsp3) is 0.429. The predicted octanol–water partition coefficient (Wildman–Crippen LogP) is -0.361. The molecule has 0 aromatic rings. The van der Waals surface area contributed by atoms with Crippen LogP contribution in [0.5, 0.6) is 0 Å². The summed E-state index contributed by atoms with van der Waals surface area (Å²) in [4.78, 5) is 21.1. The number of hydrogen-bond acceptors (Lipinski definition) is 5. The molecular weight excluding hydrogens is 178 g/mol. The first kappa shape index (κ1) is 8.06. The number of nitrogens with two attached hydrogens (primary N) is 1. The largest absolute Gasteiger partial charge is 0.524 e. The summed E-state index contributed by atoms with van der Waals surface area (Å²) in [5.74, 6) is -0.744. The number of amides is 1. The molecule has 2 N–H and O–H groups in total. The zero-order chi connectivity index (χ0) is 9.42. The molecule has 2 aliphatic heterocycles. The van der Waals surface area contributed by atoms with E-state index in [2.05, 4.69) is 9.47 Å². The third-order valence-electron chi connectivity index (χ3n) is 1.73. The summed E-state index contributed by atoms with van der Waals surface area (Å²) in [6, 6.07) is 0. The minimum absolute atomic E-state index is 0.00194. The van der Waals surface area contributed by atoms with Crippen molar-refractivity contribution in [1.82, 2.24) is 0 Å². The highest BCUT2D eigenvalue weighted by Gasteiger charge is 2.35. The Morgan fingerprint density at radius 2 is 2.15 bits per heavy atom. The zero-order valence-electron chi connectivity index (χ0n) is 6.61. The first-order valence-electron chi connectivity index (χ1n) is 3.71. The van der Waals surface area contributed by atoms with E-state index < -0.39 is 12.1 Å². The van der Waals surface area contributed by atoms with Gasteiger partial charge in [-0.25, -0.2) is 4.79 Å². The molecule has 6 heteroatoms. The highest BCUT2D eigenvalue weighted by atomic mass is 16.9. The van der Waals surface area contributed by atoms with Crippen molar-refractivity contribution in [1.29, 1.82) is 0 Å². The Hall–Kier alpha value is -1.56. The third kappa shape index (κ3) is 1.62. The van der Waals surface area contributed by atoms with Crippen molar-refractivity contribution in [3.05, 3.63) is 11.5 Å². The summed E-state index contributed by atoms with van der Waals surface area (Å²) < 4.78 is 13.8. The lowest BCUT2D eigenvalue weighted by atomic mass is 10.1. The first-order valence-corrected chi connectivity index (χ1v) is 3.71. The molecule has 2 fully saturated rings. The van der Waals surface area contributed by atoms with Gasteiger partial charge in [0.2, 0.25) is 0 Å². The summed E-state index contributed by atoms with van der Waals surface area (Å²) in [5, 5.41) is 0. The fourth-order valence-electron chi connectivity index (χ4n) is 0.980. The second-order valence-electron chi connectivity index (χ2n) is 2.74. The molecule has 70 valence electrons. The second kappa shape index (κ2) is 2.74. The van der Waals surface area contributed by atoms with Gasteiger partial charge < -0.3 is 19.9 Å². The van der Waals surface area contributed by atoms with Crippen LogP contribution in [0, 0.1) is 0 Å². The van der Waals surface area contributed by atoms with Crippen LogP contribution in [0.15, 0.2) is 11.5 Å². The van der Waals surface area contributed by atoms with Crippen LogP contribution in [0.4, 0.5) is 4.79 Å². The fourth-order valence-corrected chi connectivity index (χ4v) is 0.980. The van der Waals surface area contributed by atoms with Crippen molar-refractivity contribution in [3.8, 4) is 0 Å². The van der Waals surface area contributed by atoms with Gasteiger partial charge in [0.05, 0.1) is 12.7 Å². The van der Waals surface area contributed by atoms with Crippen LogP contribution in [-0.2, 0) is 19.0 Å². The van der Waals surface area contributed by atoms with Gasteiger partial charge in [-0.3, -0.25) is 4.79 Å². The first-order chi connectivity index (χ1) is 6.16. The molecule has 0 bridgehead atoms. The highest BCUT2D eigenvalue weighted by Crippen LogP contribution is 2.26. The monoisotopic (exact) mass is 185 g/mol. The molecule has 0 aliphatic carbocycles. The molecule has 2 heterocycles. The Kier molecular flexibility index (Phi) is 1.70. The number of cyclic esters (lactones) is 2. The molecule has 1 unspecified atom stereocenters. The van der Waals surface area contributed by atoms with Gasteiger partial charge in [0.15, 0.2) is 0 Å². The standard InChI is InChI=1S/C7H7NO5/c8-5(9)4(1-3-2-11-3)6-12-7(10)13-6/h3H,1-2H2,(H2,8,9). The average Bonchev–Trinajstić information content (AvgIpc) is 2.77. The molecule has 6 nitrogen and oxygen atoms in total. The lowest BCUT2D eigenvalue weighted by molar-refractivity contribution is -0.116. The van der Waals surface area contributed by atoms with E-state index in [-0.39, 0.29) is 17.6 Å². The Morgan fingerprint density at radius 3 is 2.54 bits per heavy atom. The topological polar surface area (TPSA) is 91.2 Å². The highest BCUT2D eigenvalue weighted by molar-refractivity contribution is 5.93. The second-order valence-corrected chi connectivity index (χ2v) is 2.74. The molecule has 0 saturated carbocycles. The van der Waals surface area contributed by atoms with Gasteiger partial charge in [0, 0.05) is 6.42 Å². The van der Waals surface area contributed by atoms with Gasteiger partial charge in [-0.15, -0.1) is 0 Å². The van der Waals surface area contributed by atoms with Crippen LogP contribution < -0.4 is 5.73 Å². The van der Waals surface area contributed by atoms with Crippen molar-refractivity contribution in [2.75, 3.05) is 6.61 Å². The SMILES string of the molecule is NC(=O)C(CC1CO1)=C1OC(=O)O1. The maximum Gasteiger partial charge on any atom is 0.524 e. The minimum atomic E-state index is -0.814. The molecule has 0 aromatic carbocycles. The average molecular weight is 185 g/mol. The summed E-state index contributed by atoms with van der Waals surface area (Å²) in [6.45, 7) is 0.595. The lowest BCUT2D eigenvalue weighted by Gasteiger charge is -2.18. The number of hydrogen-bond donors (Lipinski definition) is 1. The van der Waals surface area contributed by atoms with Crippen LogP contribution in [0.25, 0.3) is 0 Å². The lowest BCUT2D eigenvalue weighted by Crippen LogP contribution is -2.27. The third-order valence-corrected chi connectivity index (χ3v) is 1.73. The van der Waals surface area contributed by atoms with E-state index in [0.717, 1.165) is 0 Å². The van der Waals surface area contributed by atoms with E-state index in [1.807, 2.05) is 0 Å². The number of primary amides is 1. The molecule has 0 radical (unpaired) electrons. The Labute approximate surface area is 73.2 Å². The number of rotatable bonds is 3. The van der Waals surface area contributed by atoms with Gasteiger partial charge >= 0.3 is 12.1 Å². The molecule has 1 amide bonds. The Balaban J connectivity index is 2.07. The molecule has 1 atom stereocenters. The molecule has 2 saturated heterocycles. The zero-order valence-corrected chi connectivity index (χ0v) is 6.61. The van der Waals surface area contributed by atoms with E-state index in [4.69, 9.17) is 10.5 Å². The van der Waals surface area contributed by atoms with Crippen molar-refractivity contribution in [3.63, 3.8) is 0 Å². The smallest absolute Gasteiger partial charge is 0.373 e. The molecule has 0 spiro atoms. The van der Waals surface area contributed by atoms with Crippen molar-refractivity contribution < 1.29 is 23.8 Å². The van der Waals surface area contributed by atoms with Gasteiger partial charge in [0.25, 0.3) is 5.91 Å². The maximum absolute atomic E-state index is 10.8. The Bertz CT molecular complexity index is 294. The van der Waals surface area contributed by atoms with Gasteiger partial charge in [-0.2, -0.15) is 0 Å². The minimum Gasteiger partial charge on any atom is -0.373 e. The molecular formula is C7H7NO5. The van der Waals surface area contributed by atoms with Gasteiger partial charge in [-0.1, -0.05) is 0 Å². The number of carbonyl (C=O) groups excluding carboxylic acids is 2. The summed E-state index contributed by atoms with van der Waals surface area (Å²) >= 11 is 0. The van der Waals surface area contributed by atoms with Crippen LogP contribution in [0.2, 0.25) is 0 Å². The summed E-state index contributed by atoms with van der Waals surface area (Å²) in [6.07, 6.45) is -0.485. The van der Waals surface area contributed by atoms with E-state index in [0.29, 0.717) is 13.0 Å². The van der Waals surface area contributed by atoms with E-state index >= 15 is 0 Å². The van der Waals surface area contributed by atoms with Crippen LogP contribution in [-0.4, -0.2) is 24.8 Å². The normalized spacial score (nSPS) is 24.2. The number of ether oxygens (including phenoxy) is 3.